The summed E-state index contributed by atoms with van der Waals surface area (Å²) in [6, 6.07) is 11.5. The maximum atomic E-state index is 14.4. The van der Waals surface area contributed by atoms with Crippen LogP contribution in [0.25, 0.3) is 11.3 Å². The molecule has 13 heteroatoms. The van der Waals surface area contributed by atoms with Crippen LogP contribution in [0.5, 0.6) is 0 Å². The molecular weight excluding hydrogens is 571 g/mol. The molecular formula is C31H32F3N9O. The average molecular weight is 604 g/mol. The van der Waals surface area contributed by atoms with Crippen LogP contribution in [-0.2, 0) is 6.18 Å². The molecule has 0 unspecified atom stereocenters. The number of anilines is 5. The molecule has 3 heterocycles. The standard InChI is InChI=1S/C31H32F3N9O/c1-19-6-7-21(40-30(44)22-4-3-5-26(28(22)31(32,33)34)43-12-10-42(2)11-13-43)14-24(19)41-29-23(16-35-17-38-29)25-15-27(37-18-36-25)39-20-8-9-20/h3-7,14-18,20H,8-13H2,1-2H3,(H,40,44)(H,35,38,41)(H,36,37,39). The number of aromatic nitrogens is 4. The van der Waals surface area contributed by atoms with Gasteiger partial charge in [0, 0.05) is 61.5 Å². The lowest BCUT2D eigenvalue weighted by atomic mass is 10.0. The number of hydrogen-bond acceptors (Lipinski definition) is 9. The van der Waals surface area contributed by atoms with E-state index in [-0.39, 0.29) is 5.69 Å². The number of alkyl halides is 3. The van der Waals surface area contributed by atoms with Crippen LogP contribution in [0.1, 0.15) is 34.3 Å². The van der Waals surface area contributed by atoms with Gasteiger partial charge in [-0.2, -0.15) is 13.2 Å². The quantitative estimate of drug-likeness (QED) is 0.238. The number of benzene rings is 2. The number of hydrogen-bond donors (Lipinski definition) is 3. The van der Waals surface area contributed by atoms with Crippen molar-refractivity contribution in [2.45, 2.75) is 32.0 Å². The first kappa shape index (κ1) is 29.3. The van der Waals surface area contributed by atoms with Gasteiger partial charge in [0.15, 0.2) is 0 Å². The molecule has 0 atom stereocenters. The van der Waals surface area contributed by atoms with Crippen LogP contribution in [0.15, 0.2) is 61.3 Å². The van der Waals surface area contributed by atoms with Crippen molar-refractivity contribution in [3.8, 4) is 11.3 Å². The molecule has 1 aliphatic carbocycles. The summed E-state index contributed by atoms with van der Waals surface area (Å²) < 4.78 is 43.2. The lowest BCUT2D eigenvalue weighted by Crippen LogP contribution is -2.45. The van der Waals surface area contributed by atoms with Crippen LogP contribution in [0.3, 0.4) is 0 Å². The van der Waals surface area contributed by atoms with E-state index < -0.39 is 23.2 Å². The van der Waals surface area contributed by atoms with E-state index in [9.17, 15) is 18.0 Å². The predicted molar refractivity (Wildman–Crippen MR) is 163 cm³/mol. The Morgan fingerprint density at radius 1 is 0.977 bits per heavy atom. The molecule has 6 rings (SSSR count). The molecule has 1 aliphatic heterocycles. The number of carbonyl (C=O) groups is 1. The SMILES string of the molecule is Cc1ccc(NC(=O)c2cccc(N3CCN(C)CC3)c2C(F)(F)F)cc1Nc1ncncc1-c1cc(NC2CC2)ncn1. The van der Waals surface area contributed by atoms with Gasteiger partial charge in [-0.25, -0.2) is 19.9 Å². The van der Waals surface area contributed by atoms with Crippen molar-refractivity contribution in [1.29, 1.82) is 0 Å². The first-order valence-corrected chi connectivity index (χ1v) is 14.4. The number of nitrogens with one attached hydrogen (secondary N) is 3. The van der Waals surface area contributed by atoms with Crippen molar-refractivity contribution in [2.75, 3.05) is 54.1 Å². The second-order valence-electron chi connectivity index (χ2n) is 11.1. The fourth-order valence-corrected chi connectivity index (χ4v) is 5.14. The minimum absolute atomic E-state index is 0.0148. The molecule has 10 nitrogen and oxygen atoms in total. The largest absolute Gasteiger partial charge is 0.419 e. The number of rotatable bonds is 8. The number of halogens is 3. The van der Waals surface area contributed by atoms with Gasteiger partial charge < -0.3 is 25.8 Å². The summed E-state index contributed by atoms with van der Waals surface area (Å²) in [7, 11) is 1.93. The van der Waals surface area contributed by atoms with Gasteiger partial charge in [-0.05, 0) is 56.6 Å². The minimum Gasteiger partial charge on any atom is -0.368 e. The van der Waals surface area contributed by atoms with Gasteiger partial charge in [-0.3, -0.25) is 4.79 Å². The zero-order valence-electron chi connectivity index (χ0n) is 24.3. The van der Waals surface area contributed by atoms with Crippen molar-refractivity contribution < 1.29 is 18.0 Å². The summed E-state index contributed by atoms with van der Waals surface area (Å²) >= 11 is 0. The van der Waals surface area contributed by atoms with E-state index in [1.807, 2.05) is 20.0 Å². The summed E-state index contributed by atoms with van der Waals surface area (Å²) in [4.78, 5) is 34.4. The van der Waals surface area contributed by atoms with Crippen molar-refractivity contribution in [2.24, 2.45) is 0 Å². The Bertz CT molecular complexity index is 1670. The Morgan fingerprint density at radius 3 is 2.52 bits per heavy atom. The topological polar surface area (TPSA) is 111 Å². The third-order valence-corrected chi connectivity index (χ3v) is 7.75. The molecule has 2 aromatic carbocycles. The van der Waals surface area contributed by atoms with E-state index in [1.165, 1.54) is 30.9 Å². The lowest BCUT2D eigenvalue weighted by Gasteiger charge is -2.35. The maximum absolute atomic E-state index is 14.4. The Balaban J connectivity index is 1.26. The maximum Gasteiger partial charge on any atom is 0.419 e. The number of likely N-dealkylation sites (N-methyl/N-ethyl adjacent to an activating group) is 1. The summed E-state index contributed by atoms with van der Waals surface area (Å²) in [5.41, 5.74) is 1.68. The summed E-state index contributed by atoms with van der Waals surface area (Å²) in [5, 5.41) is 9.31. The van der Waals surface area contributed by atoms with Gasteiger partial charge in [-0.15, -0.1) is 0 Å². The molecule has 1 saturated carbocycles. The second-order valence-corrected chi connectivity index (χ2v) is 11.1. The van der Waals surface area contributed by atoms with Crippen LogP contribution in [0.2, 0.25) is 0 Å². The Labute approximate surface area is 252 Å². The van der Waals surface area contributed by atoms with E-state index in [0.717, 1.165) is 18.4 Å². The van der Waals surface area contributed by atoms with Crippen molar-refractivity contribution >= 4 is 34.6 Å². The van der Waals surface area contributed by atoms with Crippen LogP contribution < -0.4 is 20.9 Å². The molecule has 2 aliphatic rings. The molecule has 2 aromatic heterocycles. The van der Waals surface area contributed by atoms with Crippen LogP contribution >= 0.6 is 0 Å². The van der Waals surface area contributed by atoms with Gasteiger partial charge >= 0.3 is 6.18 Å². The fraction of sp³-hybridized carbons (Fsp3) is 0.323. The molecule has 3 N–H and O–H groups in total. The van der Waals surface area contributed by atoms with Gasteiger partial charge in [-0.1, -0.05) is 12.1 Å². The smallest absolute Gasteiger partial charge is 0.368 e. The van der Waals surface area contributed by atoms with Crippen molar-refractivity contribution in [3.05, 3.63) is 78.0 Å². The zero-order valence-corrected chi connectivity index (χ0v) is 24.3. The van der Waals surface area contributed by atoms with E-state index in [4.69, 9.17) is 0 Å². The van der Waals surface area contributed by atoms with Gasteiger partial charge in [0.2, 0.25) is 0 Å². The molecule has 0 radical (unpaired) electrons. The highest BCUT2D eigenvalue weighted by atomic mass is 19.4. The molecule has 0 bridgehead atoms. The Morgan fingerprint density at radius 2 is 1.77 bits per heavy atom. The lowest BCUT2D eigenvalue weighted by molar-refractivity contribution is -0.137. The van der Waals surface area contributed by atoms with Crippen LogP contribution in [0.4, 0.5) is 41.9 Å². The summed E-state index contributed by atoms with van der Waals surface area (Å²) in [6.07, 6.45) is 2.02. The second kappa shape index (κ2) is 12.1. The molecule has 1 saturated heterocycles. The first-order valence-electron chi connectivity index (χ1n) is 14.4. The van der Waals surface area contributed by atoms with Gasteiger partial charge in [0.05, 0.1) is 22.4 Å². The third kappa shape index (κ3) is 6.57. The molecule has 2 fully saturated rings. The van der Waals surface area contributed by atoms with Crippen LogP contribution in [0, 0.1) is 6.92 Å². The summed E-state index contributed by atoms with van der Waals surface area (Å²) in [6.45, 7) is 4.03. The highest BCUT2D eigenvalue weighted by Gasteiger charge is 2.39. The van der Waals surface area contributed by atoms with Crippen molar-refractivity contribution in [3.63, 3.8) is 0 Å². The molecule has 44 heavy (non-hydrogen) atoms. The number of amides is 1. The zero-order chi connectivity index (χ0) is 30.8. The Hall–Kier alpha value is -4.78. The highest BCUT2D eigenvalue weighted by Crippen LogP contribution is 2.40. The van der Waals surface area contributed by atoms with E-state index in [1.54, 1.807) is 29.3 Å². The van der Waals surface area contributed by atoms with Gasteiger partial charge in [0.25, 0.3) is 5.91 Å². The summed E-state index contributed by atoms with van der Waals surface area (Å²) in [5.74, 6) is 0.340. The van der Waals surface area contributed by atoms with E-state index >= 15 is 0 Å². The van der Waals surface area contributed by atoms with Gasteiger partial charge in [0.1, 0.15) is 24.3 Å². The number of carbonyl (C=O) groups excluding carboxylic acids is 1. The Kier molecular flexibility index (Phi) is 8.04. The number of aryl methyl sites for hydroxylation is 1. The average Bonchev–Trinajstić information content (AvgIpc) is 3.83. The minimum atomic E-state index is -4.72. The molecule has 0 spiro atoms. The number of piperazine rings is 1. The van der Waals surface area contributed by atoms with Crippen LogP contribution in [-0.4, -0.2) is 70.0 Å². The number of nitrogens with zero attached hydrogens (tertiary/aromatic N) is 6. The molecule has 4 aromatic rings. The third-order valence-electron chi connectivity index (χ3n) is 7.75. The highest BCUT2D eigenvalue weighted by molar-refractivity contribution is 6.06. The normalized spacial score (nSPS) is 15.6. The predicted octanol–water partition coefficient (Wildman–Crippen LogP) is 5.58. The fourth-order valence-electron chi connectivity index (χ4n) is 5.14. The van der Waals surface area contributed by atoms with E-state index in [0.29, 0.717) is 66.5 Å². The molecule has 228 valence electrons. The van der Waals surface area contributed by atoms with E-state index in [2.05, 4.69) is 40.8 Å². The first-order chi connectivity index (χ1) is 21.2. The molecule has 1 amide bonds. The monoisotopic (exact) mass is 603 g/mol. The van der Waals surface area contributed by atoms with Crippen molar-refractivity contribution in [1.82, 2.24) is 24.8 Å².